The Morgan fingerprint density at radius 1 is 1.11 bits per heavy atom. The fourth-order valence-electron chi connectivity index (χ4n) is 6.12. The molecule has 2 fully saturated rings. The van der Waals surface area contributed by atoms with Crippen molar-refractivity contribution in [2.75, 3.05) is 26.2 Å². The maximum atomic E-state index is 13.5. The summed E-state index contributed by atoms with van der Waals surface area (Å²) in [5.41, 5.74) is 0.545. The molecule has 0 unspecified atom stereocenters. The van der Waals surface area contributed by atoms with Crippen LogP contribution in [-0.2, 0) is 11.3 Å². The van der Waals surface area contributed by atoms with E-state index in [1.165, 1.54) is 46.1 Å². The summed E-state index contributed by atoms with van der Waals surface area (Å²) >= 11 is 6.60. The zero-order chi connectivity index (χ0) is 31.9. The third kappa shape index (κ3) is 6.05. The number of benzene rings is 2. The first-order valence-corrected chi connectivity index (χ1v) is 15.2. The van der Waals surface area contributed by atoms with Crippen LogP contribution in [0.3, 0.4) is 0 Å². The number of hydrogen-bond acceptors (Lipinski definition) is 6. The molecule has 0 saturated carbocycles. The van der Waals surface area contributed by atoms with Gasteiger partial charge in [0.2, 0.25) is 0 Å². The smallest absolute Gasteiger partial charge is 0.407 e. The summed E-state index contributed by atoms with van der Waals surface area (Å²) in [5, 5.41) is 21.6. The SMILES string of the molecule is CC[C@H]1CN(C(=O)O)[C@H](c2ccc(-n3c(Cl)cc4c(=O)n(CC5(O)CCN(C(=O)c6ccc(F)cc6)CC5)cnc43)cc2)CO1. The van der Waals surface area contributed by atoms with E-state index < -0.39 is 23.6 Å². The Morgan fingerprint density at radius 2 is 1.80 bits per heavy atom. The molecule has 0 spiro atoms. The Balaban J connectivity index is 1.18. The summed E-state index contributed by atoms with van der Waals surface area (Å²) in [7, 11) is 0. The molecule has 6 rings (SSSR count). The predicted molar refractivity (Wildman–Crippen MR) is 164 cm³/mol. The number of hydrogen-bond donors (Lipinski definition) is 2. The standard InChI is InChI=1S/C32H33ClFN5O6/c1-2-24-16-38(31(42)43)26(17-45-24)20-5-9-23(10-6-20)39-27(33)15-25-28(39)35-19-37(30(25)41)18-32(44)11-13-36(14-12-32)29(40)21-3-7-22(34)8-4-21/h3-10,15,19,24,26,44H,2,11-14,16-18H2,1H3,(H,42,43)/t24-,26-/m0/s1. The van der Waals surface area contributed by atoms with Gasteiger partial charge in [-0.2, -0.15) is 0 Å². The number of rotatable bonds is 6. The molecule has 2 aliphatic heterocycles. The first kappa shape index (κ1) is 30.8. The minimum absolute atomic E-state index is 0.00667. The predicted octanol–water partition coefficient (Wildman–Crippen LogP) is 4.48. The van der Waals surface area contributed by atoms with Crippen LogP contribution in [0.4, 0.5) is 9.18 Å². The van der Waals surface area contributed by atoms with Crippen molar-refractivity contribution in [3.05, 3.63) is 93.4 Å². The molecular weight excluding hydrogens is 605 g/mol. The lowest BCUT2D eigenvalue weighted by atomic mass is 9.91. The van der Waals surface area contributed by atoms with Crippen LogP contribution in [0.25, 0.3) is 16.7 Å². The number of carboxylic acid groups (broad SMARTS) is 1. The molecule has 0 radical (unpaired) electrons. The summed E-state index contributed by atoms with van der Waals surface area (Å²) in [5.74, 6) is -0.660. The van der Waals surface area contributed by atoms with Gasteiger partial charge in [0, 0.05) is 24.3 Å². The number of halogens is 2. The van der Waals surface area contributed by atoms with Crippen LogP contribution in [0, 0.1) is 5.82 Å². The molecule has 2 saturated heterocycles. The molecule has 11 nitrogen and oxygen atoms in total. The van der Waals surface area contributed by atoms with Crippen LogP contribution < -0.4 is 5.56 Å². The van der Waals surface area contributed by atoms with E-state index in [2.05, 4.69) is 4.98 Å². The van der Waals surface area contributed by atoms with E-state index in [0.717, 1.165) is 12.0 Å². The number of aromatic nitrogens is 3. The number of piperidine rings is 1. The summed E-state index contributed by atoms with van der Waals surface area (Å²) in [6.07, 6.45) is 1.48. The quantitative estimate of drug-likeness (QED) is 0.319. The van der Waals surface area contributed by atoms with Crippen LogP contribution in [0.5, 0.6) is 0 Å². The molecule has 2 atom stereocenters. The second-order valence-corrected chi connectivity index (χ2v) is 12.0. The molecule has 2 aromatic heterocycles. The summed E-state index contributed by atoms with van der Waals surface area (Å²) in [4.78, 5) is 45.8. The number of amides is 2. The van der Waals surface area contributed by atoms with Crippen molar-refractivity contribution in [2.24, 2.45) is 0 Å². The monoisotopic (exact) mass is 637 g/mol. The summed E-state index contributed by atoms with van der Waals surface area (Å²) < 4.78 is 22.1. The first-order chi connectivity index (χ1) is 21.6. The number of morpholine rings is 1. The van der Waals surface area contributed by atoms with Gasteiger partial charge in [0.25, 0.3) is 11.5 Å². The molecule has 0 bridgehead atoms. The number of fused-ring (bicyclic) bond motifs is 1. The normalized spacial score (nSPS) is 20.0. The molecule has 2 aromatic carbocycles. The van der Waals surface area contributed by atoms with Gasteiger partial charge in [-0.15, -0.1) is 0 Å². The van der Waals surface area contributed by atoms with Crippen molar-refractivity contribution in [1.82, 2.24) is 23.9 Å². The average molecular weight is 638 g/mol. The maximum absolute atomic E-state index is 13.5. The van der Waals surface area contributed by atoms with E-state index in [9.17, 15) is 29.0 Å². The molecule has 2 aliphatic rings. The fourth-order valence-corrected chi connectivity index (χ4v) is 6.40. The van der Waals surface area contributed by atoms with Gasteiger partial charge in [-0.3, -0.25) is 23.6 Å². The van der Waals surface area contributed by atoms with E-state index in [1.807, 2.05) is 19.1 Å². The molecule has 45 heavy (non-hydrogen) atoms. The third-order valence-electron chi connectivity index (χ3n) is 8.78. The van der Waals surface area contributed by atoms with Crippen LogP contribution in [0.15, 0.2) is 65.7 Å². The highest BCUT2D eigenvalue weighted by Gasteiger charge is 2.36. The molecule has 236 valence electrons. The summed E-state index contributed by atoms with van der Waals surface area (Å²) in [6, 6.07) is 13.7. The van der Waals surface area contributed by atoms with Crippen molar-refractivity contribution in [1.29, 1.82) is 0 Å². The highest BCUT2D eigenvalue weighted by Crippen LogP contribution is 2.31. The fraction of sp³-hybridized carbons (Fsp3) is 0.375. The lowest BCUT2D eigenvalue weighted by Crippen LogP contribution is -2.49. The van der Waals surface area contributed by atoms with Gasteiger partial charge < -0.3 is 19.8 Å². The highest BCUT2D eigenvalue weighted by atomic mass is 35.5. The second kappa shape index (κ2) is 12.3. The molecule has 13 heteroatoms. The molecule has 4 heterocycles. The highest BCUT2D eigenvalue weighted by molar-refractivity contribution is 6.31. The molecular formula is C32H33ClFN5O6. The lowest BCUT2D eigenvalue weighted by molar-refractivity contribution is -0.0559. The number of ether oxygens (including phenoxy) is 1. The number of likely N-dealkylation sites (tertiary alicyclic amines) is 1. The van der Waals surface area contributed by atoms with Gasteiger partial charge in [0.1, 0.15) is 17.3 Å². The van der Waals surface area contributed by atoms with Gasteiger partial charge in [-0.05, 0) is 67.3 Å². The maximum Gasteiger partial charge on any atom is 0.407 e. The van der Waals surface area contributed by atoms with Crippen molar-refractivity contribution in [3.63, 3.8) is 0 Å². The van der Waals surface area contributed by atoms with Crippen molar-refractivity contribution < 1.29 is 28.9 Å². The Hall–Kier alpha value is -4.26. The van der Waals surface area contributed by atoms with E-state index in [4.69, 9.17) is 16.3 Å². The Morgan fingerprint density at radius 3 is 2.44 bits per heavy atom. The molecule has 4 aromatic rings. The van der Waals surface area contributed by atoms with E-state index in [1.54, 1.807) is 21.6 Å². The molecule has 0 aliphatic carbocycles. The van der Waals surface area contributed by atoms with Gasteiger partial charge in [-0.25, -0.2) is 14.2 Å². The van der Waals surface area contributed by atoms with Gasteiger partial charge in [0.05, 0.1) is 42.8 Å². The lowest BCUT2D eigenvalue weighted by Gasteiger charge is -2.38. The average Bonchev–Trinajstić information content (AvgIpc) is 3.39. The minimum atomic E-state index is -1.23. The minimum Gasteiger partial charge on any atom is -0.465 e. The van der Waals surface area contributed by atoms with Crippen LogP contribution in [0.1, 0.15) is 48.1 Å². The zero-order valence-electron chi connectivity index (χ0n) is 24.6. The van der Waals surface area contributed by atoms with E-state index in [0.29, 0.717) is 23.4 Å². The van der Waals surface area contributed by atoms with Gasteiger partial charge in [-0.1, -0.05) is 30.7 Å². The van der Waals surface area contributed by atoms with Crippen molar-refractivity contribution >= 4 is 34.6 Å². The van der Waals surface area contributed by atoms with E-state index >= 15 is 0 Å². The Bertz CT molecular complexity index is 1780. The van der Waals surface area contributed by atoms with Crippen LogP contribution in [-0.4, -0.2) is 84.1 Å². The number of carbonyl (C=O) groups excluding carboxylic acids is 1. The largest absolute Gasteiger partial charge is 0.465 e. The first-order valence-electron chi connectivity index (χ1n) is 14.8. The van der Waals surface area contributed by atoms with E-state index in [-0.39, 0.29) is 67.2 Å². The van der Waals surface area contributed by atoms with Gasteiger partial charge in [0.15, 0.2) is 5.65 Å². The second-order valence-electron chi connectivity index (χ2n) is 11.6. The topological polar surface area (TPSA) is 130 Å². The third-order valence-corrected chi connectivity index (χ3v) is 9.06. The zero-order valence-corrected chi connectivity index (χ0v) is 25.4. The van der Waals surface area contributed by atoms with Crippen LogP contribution in [0.2, 0.25) is 5.15 Å². The summed E-state index contributed by atoms with van der Waals surface area (Å²) in [6.45, 7) is 3.07. The number of nitrogens with zero attached hydrogens (tertiary/aromatic N) is 5. The van der Waals surface area contributed by atoms with Gasteiger partial charge >= 0.3 is 6.09 Å². The van der Waals surface area contributed by atoms with Crippen molar-refractivity contribution in [3.8, 4) is 5.69 Å². The number of carbonyl (C=O) groups is 2. The molecule has 2 N–H and O–H groups in total. The Labute approximate surface area is 263 Å². The van der Waals surface area contributed by atoms with Crippen LogP contribution >= 0.6 is 11.6 Å². The Kier molecular flexibility index (Phi) is 8.38. The van der Waals surface area contributed by atoms with Crippen molar-refractivity contribution in [2.45, 2.75) is 50.5 Å². The molecule has 2 amide bonds. The number of aliphatic hydroxyl groups is 1.